The summed E-state index contributed by atoms with van der Waals surface area (Å²) < 4.78 is 6.81. The summed E-state index contributed by atoms with van der Waals surface area (Å²) in [6, 6.07) is 11.3. The lowest BCUT2D eigenvalue weighted by molar-refractivity contribution is -0.117. The number of nitrogens with zero attached hydrogens (tertiary/aromatic N) is 2. The van der Waals surface area contributed by atoms with E-state index in [1.165, 1.54) is 11.7 Å². The highest BCUT2D eigenvalue weighted by Crippen LogP contribution is 2.27. The fourth-order valence-corrected chi connectivity index (χ4v) is 3.95. The minimum absolute atomic E-state index is 0.116. The average Bonchev–Trinajstić information content (AvgIpc) is 2.77. The van der Waals surface area contributed by atoms with Gasteiger partial charge in [0, 0.05) is 11.6 Å². The molecule has 0 aliphatic rings. The highest BCUT2D eigenvalue weighted by Gasteiger charge is 2.18. The standard InChI is InChI=1S/C22H23ClN4O4S/c1-3-4-11-24-21(30)26-19(28)13-32-22-25-16-12-14(23)9-10-15(16)20(29)27(22)17-7-5-6-8-18(17)31-2/h5-10,12H,3-4,11,13H2,1-2H3,(H2,24,26,28,30). The molecule has 0 aliphatic heterocycles. The fourth-order valence-electron chi connectivity index (χ4n) is 2.98. The van der Waals surface area contributed by atoms with Crippen molar-refractivity contribution < 1.29 is 14.3 Å². The SMILES string of the molecule is CCCCNC(=O)NC(=O)CSc1nc2cc(Cl)ccc2c(=O)n1-c1ccccc1OC. The molecule has 0 spiro atoms. The van der Waals surface area contributed by atoms with E-state index in [0.29, 0.717) is 33.9 Å². The molecule has 0 saturated heterocycles. The van der Waals surface area contributed by atoms with Crippen LogP contribution >= 0.6 is 23.4 Å². The second-order valence-corrected chi connectivity index (χ2v) is 8.19. The molecule has 0 saturated carbocycles. The summed E-state index contributed by atoms with van der Waals surface area (Å²) in [5.74, 6) is -0.142. The maximum atomic E-state index is 13.3. The maximum absolute atomic E-state index is 13.3. The first-order valence-electron chi connectivity index (χ1n) is 10.0. The van der Waals surface area contributed by atoms with Crippen molar-refractivity contribution in [3.63, 3.8) is 0 Å². The van der Waals surface area contributed by atoms with Gasteiger partial charge in [0.1, 0.15) is 5.75 Å². The van der Waals surface area contributed by atoms with Crippen LogP contribution in [0, 0.1) is 0 Å². The van der Waals surface area contributed by atoms with E-state index in [2.05, 4.69) is 15.6 Å². The molecule has 32 heavy (non-hydrogen) atoms. The molecule has 0 aliphatic carbocycles. The van der Waals surface area contributed by atoms with Crippen molar-refractivity contribution in [1.82, 2.24) is 20.2 Å². The Kier molecular flexibility index (Phi) is 8.13. The number of benzene rings is 2. The quantitative estimate of drug-likeness (QED) is 0.293. The van der Waals surface area contributed by atoms with Crippen LogP contribution in [0.25, 0.3) is 16.6 Å². The first-order chi connectivity index (χ1) is 15.4. The number of hydrogen-bond donors (Lipinski definition) is 2. The van der Waals surface area contributed by atoms with Gasteiger partial charge < -0.3 is 10.1 Å². The predicted molar refractivity (Wildman–Crippen MR) is 126 cm³/mol. The van der Waals surface area contributed by atoms with Gasteiger partial charge >= 0.3 is 6.03 Å². The number of unbranched alkanes of at least 4 members (excludes halogenated alkanes) is 1. The highest BCUT2D eigenvalue weighted by atomic mass is 35.5. The Morgan fingerprint density at radius 1 is 1.22 bits per heavy atom. The number of halogens is 1. The van der Waals surface area contributed by atoms with Crippen molar-refractivity contribution in [2.24, 2.45) is 0 Å². The van der Waals surface area contributed by atoms with Crippen LogP contribution in [0.1, 0.15) is 19.8 Å². The summed E-state index contributed by atoms with van der Waals surface area (Å²) in [6.07, 6.45) is 1.76. The number of ether oxygens (including phenoxy) is 1. The molecule has 3 aromatic rings. The minimum Gasteiger partial charge on any atom is -0.495 e. The second kappa shape index (κ2) is 11.0. The number of thioether (sulfide) groups is 1. The van der Waals surface area contributed by atoms with Gasteiger partial charge in [-0.1, -0.05) is 48.8 Å². The first kappa shape index (κ1) is 23.6. The molecule has 0 unspecified atom stereocenters. The molecule has 1 aromatic heterocycles. The predicted octanol–water partition coefficient (Wildman–Crippen LogP) is 3.77. The fraction of sp³-hybridized carbons (Fsp3) is 0.273. The number of methoxy groups -OCH3 is 1. The molecule has 0 atom stereocenters. The van der Waals surface area contributed by atoms with Gasteiger partial charge in [-0.05, 0) is 36.8 Å². The van der Waals surface area contributed by atoms with Crippen LogP contribution in [0.5, 0.6) is 5.75 Å². The third-order valence-corrected chi connectivity index (χ3v) is 5.70. The van der Waals surface area contributed by atoms with E-state index >= 15 is 0 Å². The van der Waals surface area contributed by atoms with Gasteiger partial charge in [-0.3, -0.25) is 19.5 Å². The van der Waals surface area contributed by atoms with E-state index in [1.54, 1.807) is 42.5 Å². The smallest absolute Gasteiger partial charge is 0.321 e. The Balaban J connectivity index is 1.94. The Bertz CT molecular complexity index is 1200. The van der Waals surface area contributed by atoms with Gasteiger partial charge in [0.05, 0.1) is 29.5 Å². The number of fused-ring (bicyclic) bond motifs is 1. The number of carbonyl (C=O) groups is 2. The lowest BCUT2D eigenvalue weighted by Crippen LogP contribution is -2.40. The summed E-state index contributed by atoms with van der Waals surface area (Å²) in [7, 11) is 1.51. The normalized spacial score (nSPS) is 10.7. The molecule has 168 valence electrons. The highest BCUT2D eigenvalue weighted by molar-refractivity contribution is 7.99. The Hall–Kier alpha value is -3.04. The summed E-state index contributed by atoms with van der Waals surface area (Å²) in [5.41, 5.74) is 0.579. The van der Waals surface area contributed by atoms with Gasteiger partial charge in [-0.15, -0.1) is 0 Å². The zero-order valence-corrected chi connectivity index (χ0v) is 19.3. The number of urea groups is 1. The van der Waals surface area contributed by atoms with Crippen molar-refractivity contribution in [2.75, 3.05) is 19.4 Å². The second-order valence-electron chi connectivity index (χ2n) is 6.81. The number of rotatable bonds is 8. The van der Waals surface area contributed by atoms with Crippen molar-refractivity contribution in [3.8, 4) is 11.4 Å². The first-order valence-corrected chi connectivity index (χ1v) is 11.4. The molecule has 0 radical (unpaired) electrons. The summed E-state index contributed by atoms with van der Waals surface area (Å²) in [4.78, 5) is 42.0. The van der Waals surface area contributed by atoms with Gasteiger partial charge in [-0.25, -0.2) is 9.78 Å². The Morgan fingerprint density at radius 3 is 2.75 bits per heavy atom. The van der Waals surface area contributed by atoms with Crippen LogP contribution in [0.3, 0.4) is 0 Å². The number of aromatic nitrogens is 2. The zero-order chi connectivity index (χ0) is 23.1. The van der Waals surface area contributed by atoms with Crippen LogP contribution in [-0.4, -0.2) is 40.9 Å². The van der Waals surface area contributed by atoms with Crippen molar-refractivity contribution in [3.05, 3.63) is 57.8 Å². The molecular formula is C22H23ClN4O4S. The maximum Gasteiger partial charge on any atom is 0.321 e. The summed E-state index contributed by atoms with van der Waals surface area (Å²) in [5, 5.41) is 6.00. The van der Waals surface area contributed by atoms with Gasteiger partial charge in [0.2, 0.25) is 5.91 Å². The summed E-state index contributed by atoms with van der Waals surface area (Å²) >= 11 is 7.12. The topological polar surface area (TPSA) is 102 Å². The monoisotopic (exact) mass is 474 g/mol. The number of imide groups is 1. The average molecular weight is 475 g/mol. The van der Waals surface area contributed by atoms with E-state index in [4.69, 9.17) is 16.3 Å². The van der Waals surface area contributed by atoms with Crippen LogP contribution in [0.2, 0.25) is 5.02 Å². The lowest BCUT2D eigenvalue weighted by atomic mass is 10.2. The van der Waals surface area contributed by atoms with Crippen LogP contribution < -0.4 is 20.9 Å². The van der Waals surface area contributed by atoms with Gasteiger partial charge in [0.25, 0.3) is 5.56 Å². The number of nitrogens with one attached hydrogen (secondary N) is 2. The van der Waals surface area contributed by atoms with E-state index < -0.39 is 11.9 Å². The van der Waals surface area contributed by atoms with E-state index in [0.717, 1.165) is 24.6 Å². The molecule has 2 N–H and O–H groups in total. The van der Waals surface area contributed by atoms with E-state index in [1.807, 2.05) is 6.92 Å². The number of para-hydroxylation sites is 2. The lowest BCUT2D eigenvalue weighted by Gasteiger charge is -2.15. The van der Waals surface area contributed by atoms with Crippen LogP contribution in [0.15, 0.2) is 52.4 Å². The Labute approximate surface area is 194 Å². The molecule has 3 amide bonds. The van der Waals surface area contributed by atoms with Crippen molar-refractivity contribution >= 4 is 46.2 Å². The van der Waals surface area contributed by atoms with E-state index in [9.17, 15) is 14.4 Å². The zero-order valence-electron chi connectivity index (χ0n) is 17.7. The van der Waals surface area contributed by atoms with Crippen LogP contribution in [-0.2, 0) is 4.79 Å². The molecule has 2 aromatic carbocycles. The molecule has 0 fully saturated rings. The van der Waals surface area contributed by atoms with Gasteiger partial charge in [-0.2, -0.15) is 0 Å². The van der Waals surface area contributed by atoms with Crippen molar-refractivity contribution in [2.45, 2.75) is 24.9 Å². The molecule has 3 rings (SSSR count). The minimum atomic E-state index is -0.551. The van der Waals surface area contributed by atoms with E-state index in [-0.39, 0.29) is 16.5 Å². The molecule has 1 heterocycles. The molecule has 10 heteroatoms. The third kappa shape index (κ3) is 5.60. The summed E-state index contributed by atoms with van der Waals surface area (Å²) in [6.45, 7) is 2.50. The molecular weight excluding hydrogens is 452 g/mol. The van der Waals surface area contributed by atoms with Gasteiger partial charge in [0.15, 0.2) is 5.16 Å². The molecule has 8 nitrogen and oxygen atoms in total. The number of amides is 3. The number of hydrogen-bond acceptors (Lipinski definition) is 6. The third-order valence-electron chi connectivity index (χ3n) is 4.53. The van der Waals surface area contributed by atoms with Crippen LogP contribution in [0.4, 0.5) is 4.79 Å². The molecule has 0 bridgehead atoms. The Morgan fingerprint density at radius 2 is 2.00 bits per heavy atom. The van der Waals surface area contributed by atoms with Crippen molar-refractivity contribution in [1.29, 1.82) is 0 Å². The largest absolute Gasteiger partial charge is 0.495 e. The number of carbonyl (C=O) groups excluding carboxylic acids is 2.